The van der Waals surface area contributed by atoms with Gasteiger partial charge in [0.1, 0.15) is 0 Å². The molecule has 3 aliphatic rings. The van der Waals surface area contributed by atoms with E-state index in [-0.39, 0.29) is 0 Å². The highest BCUT2D eigenvalue weighted by Gasteiger charge is 2.18. The third-order valence-electron chi connectivity index (χ3n) is 2.41. The number of pyridine rings is 1. The zero-order valence-electron chi connectivity index (χ0n) is 6.63. The number of rotatable bonds is 0. The van der Waals surface area contributed by atoms with Crippen molar-refractivity contribution in [2.75, 3.05) is 6.61 Å². The average molecular weight is 159 g/mol. The maximum absolute atomic E-state index is 5.42. The Hall–Kier alpha value is -1.44. The van der Waals surface area contributed by atoms with Crippen LogP contribution in [0, 0.1) is 0 Å². The SMILES string of the molecule is c1cc2c[nH]c3c(c-2c1)CCO3. The van der Waals surface area contributed by atoms with E-state index in [0.717, 1.165) is 18.9 Å². The molecular weight excluding hydrogens is 150 g/mol. The number of nitrogens with one attached hydrogen (secondary N) is 1. The van der Waals surface area contributed by atoms with E-state index < -0.39 is 0 Å². The first-order chi connectivity index (χ1) is 5.95. The molecular formula is C10H9NO. The van der Waals surface area contributed by atoms with E-state index in [1.807, 2.05) is 6.20 Å². The minimum absolute atomic E-state index is 0.816. The molecule has 1 N–H and O–H groups in total. The lowest BCUT2D eigenvalue weighted by atomic mass is 10.1. The summed E-state index contributed by atoms with van der Waals surface area (Å²) >= 11 is 0. The van der Waals surface area contributed by atoms with Crippen molar-refractivity contribution in [3.05, 3.63) is 30.0 Å². The smallest absolute Gasteiger partial charge is 0.194 e. The van der Waals surface area contributed by atoms with Crippen molar-refractivity contribution in [2.24, 2.45) is 0 Å². The Labute approximate surface area is 70.5 Å². The molecule has 0 aromatic heterocycles. The molecule has 1 aliphatic carbocycles. The number of hydrogen-bond acceptors (Lipinski definition) is 1. The quantitative estimate of drug-likeness (QED) is 0.625. The van der Waals surface area contributed by atoms with Crippen LogP contribution in [0.3, 0.4) is 0 Å². The zero-order valence-corrected chi connectivity index (χ0v) is 6.63. The number of ether oxygens (including phenoxy) is 1. The Morgan fingerprint density at radius 1 is 1.33 bits per heavy atom. The lowest BCUT2D eigenvalue weighted by Crippen LogP contribution is -1.87. The Kier molecular flexibility index (Phi) is 1.04. The van der Waals surface area contributed by atoms with Crippen LogP contribution in [-0.2, 0) is 6.42 Å². The van der Waals surface area contributed by atoms with Crippen LogP contribution in [0.2, 0.25) is 0 Å². The Morgan fingerprint density at radius 2 is 2.33 bits per heavy atom. The summed E-state index contributed by atoms with van der Waals surface area (Å²) in [6.07, 6.45) is 3.03. The van der Waals surface area contributed by atoms with Gasteiger partial charge in [0.15, 0.2) is 5.88 Å². The maximum atomic E-state index is 5.42. The Balaban J connectivity index is 2.37. The monoisotopic (exact) mass is 159 g/mol. The number of hydrogen-bond donors (Lipinski definition) is 1. The zero-order chi connectivity index (χ0) is 7.97. The van der Waals surface area contributed by atoms with Crippen molar-refractivity contribution in [2.45, 2.75) is 6.42 Å². The predicted molar refractivity (Wildman–Crippen MR) is 46.6 cm³/mol. The molecule has 2 heterocycles. The van der Waals surface area contributed by atoms with Crippen LogP contribution in [0.15, 0.2) is 24.4 Å². The van der Waals surface area contributed by atoms with Crippen molar-refractivity contribution >= 4 is 0 Å². The fourth-order valence-electron chi connectivity index (χ4n) is 1.82. The highest BCUT2D eigenvalue weighted by atomic mass is 16.5. The molecule has 0 amide bonds. The molecule has 0 atom stereocenters. The summed E-state index contributed by atoms with van der Waals surface area (Å²) in [5, 5.41) is 0. The van der Waals surface area contributed by atoms with Crippen LogP contribution in [0.4, 0.5) is 0 Å². The van der Waals surface area contributed by atoms with Crippen LogP contribution >= 0.6 is 0 Å². The van der Waals surface area contributed by atoms with Gasteiger partial charge in [0.25, 0.3) is 0 Å². The summed E-state index contributed by atoms with van der Waals surface area (Å²) < 4.78 is 5.42. The molecule has 0 spiro atoms. The molecule has 0 saturated heterocycles. The minimum atomic E-state index is 0.816. The Morgan fingerprint density at radius 3 is 3.33 bits per heavy atom. The minimum Gasteiger partial charge on any atom is -0.478 e. The van der Waals surface area contributed by atoms with Crippen molar-refractivity contribution < 1.29 is 4.74 Å². The summed E-state index contributed by atoms with van der Waals surface area (Å²) in [5.41, 5.74) is 3.94. The molecule has 2 aliphatic heterocycles. The third-order valence-corrected chi connectivity index (χ3v) is 2.41. The molecule has 0 saturated carbocycles. The fourth-order valence-corrected chi connectivity index (χ4v) is 1.82. The van der Waals surface area contributed by atoms with Crippen molar-refractivity contribution in [3.63, 3.8) is 0 Å². The van der Waals surface area contributed by atoms with Gasteiger partial charge in [-0.1, -0.05) is 18.2 Å². The molecule has 0 unspecified atom stereocenters. The Bertz CT molecular complexity index is 391. The molecule has 0 bridgehead atoms. The summed E-state index contributed by atoms with van der Waals surface area (Å²) in [5.74, 6) is 0.953. The van der Waals surface area contributed by atoms with Crippen LogP contribution in [-0.4, -0.2) is 11.6 Å². The lowest BCUT2D eigenvalue weighted by Gasteiger charge is -2.04. The highest BCUT2D eigenvalue weighted by Crippen LogP contribution is 2.34. The standard InChI is InChI=1S/C10H9NO/c1-2-7-6-11-10-9(4-5-12-10)8(7)3-1/h1-3,6,11H,4-5H2. The first kappa shape index (κ1) is 6.12. The first-order valence-corrected chi connectivity index (χ1v) is 4.17. The normalized spacial score (nSPS) is 14.7. The van der Waals surface area contributed by atoms with Gasteiger partial charge in [0.2, 0.25) is 0 Å². The lowest BCUT2D eigenvalue weighted by molar-refractivity contribution is 0.345. The van der Waals surface area contributed by atoms with Crippen molar-refractivity contribution in [3.8, 4) is 17.0 Å². The second kappa shape index (κ2) is 2.03. The third kappa shape index (κ3) is 0.644. The van der Waals surface area contributed by atoms with E-state index in [1.54, 1.807) is 0 Å². The molecule has 3 rings (SSSR count). The van der Waals surface area contributed by atoms with Gasteiger partial charge in [-0.05, 0) is 11.1 Å². The number of aromatic nitrogens is 1. The summed E-state index contributed by atoms with van der Waals surface area (Å²) in [4.78, 5) is 3.16. The highest BCUT2D eigenvalue weighted by molar-refractivity contribution is 5.71. The van der Waals surface area contributed by atoms with Crippen molar-refractivity contribution in [1.29, 1.82) is 0 Å². The number of aromatic amines is 1. The number of fused-ring (bicyclic) bond motifs is 3. The first-order valence-electron chi connectivity index (χ1n) is 4.17. The second-order valence-electron chi connectivity index (χ2n) is 3.09. The second-order valence-corrected chi connectivity index (χ2v) is 3.09. The van der Waals surface area contributed by atoms with Gasteiger partial charge in [-0.3, -0.25) is 0 Å². The fraction of sp³-hybridized carbons (Fsp3) is 0.200. The van der Waals surface area contributed by atoms with Crippen LogP contribution in [0.1, 0.15) is 5.56 Å². The molecule has 2 heteroatoms. The van der Waals surface area contributed by atoms with Gasteiger partial charge in [-0.15, -0.1) is 0 Å². The van der Waals surface area contributed by atoms with Crippen LogP contribution < -0.4 is 4.74 Å². The summed E-state index contributed by atoms with van der Waals surface area (Å²) in [7, 11) is 0. The van der Waals surface area contributed by atoms with E-state index in [9.17, 15) is 0 Å². The molecule has 0 aromatic rings. The number of H-pyrrole nitrogens is 1. The van der Waals surface area contributed by atoms with E-state index >= 15 is 0 Å². The van der Waals surface area contributed by atoms with Gasteiger partial charge in [0, 0.05) is 18.2 Å². The van der Waals surface area contributed by atoms with Gasteiger partial charge in [0.05, 0.1) is 6.61 Å². The van der Waals surface area contributed by atoms with Crippen molar-refractivity contribution in [1.82, 2.24) is 4.98 Å². The average Bonchev–Trinajstić information content (AvgIpc) is 2.71. The topological polar surface area (TPSA) is 25.0 Å². The van der Waals surface area contributed by atoms with E-state index in [1.165, 1.54) is 16.7 Å². The molecule has 60 valence electrons. The van der Waals surface area contributed by atoms with Gasteiger partial charge >= 0.3 is 0 Å². The van der Waals surface area contributed by atoms with E-state index in [4.69, 9.17) is 4.74 Å². The maximum Gasteiger partial charge on any atom is 0.194 e. The van der Waals surface area contributed by atoms with Gasteiger partial charge in [-0.2, -0.15) is 0 Å². The van der Waals surface area contributed by atoms with Crippen LogP contribution in [0.5, 0.6) is 5.88 Å². The summed E-state index contributed by atoms with van der Waals surface area (Å²) in [6.45, 7) is 0.816. The van der Waals surface area contributed by atoms with Gasteiger partial charge < -0.3 is 9.72 Å². The molecule has 2 nitrogen and oxygen atoms in total. The molecule has 12 heavy (non-hydrogen) atoms. The molecule has 0 fully saturated rings. The summed E-state index contributed by atoms with van der Waals surface area (Å²) in [6, 6.07) is 6.35. The van der Waals surface area contributed by atoms with Crippen LogP contribution in [0.25, 0.3) is 11.1 Å². The van der Waals surface area contributed by atoms with Gasteiger partial charge in [-0.25, -0.2) is 0 Å². The van der Waals surface area contributed by atoms with E-state index in [0.29, 0.717) is 0 Å². The largest absolute Gasteiger partial charge is 0.478 e. The molecule has 0 aromatic carbocycles. The molecule has 0 radical (unpaired) electrons. The predicted octanol–water partition coefficient (Wildman–Crippen LogP) is 2.05. The van der Waals surface area contributed by atoms with E-state index in [2.05, 4.69) is 23.2 Å².